The fourth-order valence-corrected chi connectivity index (χ4v) is 13.6. The van der Waals surface area contributed by atoms with Gasteiger partial charge < -0.3 is 91.8 Å². The van der Waals surface area contributed by atoms with E-state index in [1.165, 1.54) is 24.3 Å². The highest BCUT2D eigenvalue weighted by Gasteiger charge is 2.27. The fourth-order valence-electron chi connectivity index (χ4n) is 12.7. The van der Waals surface area contributed by atoms with Crippen molar-refractivity contribution >= 4 is 98.9 Å². The molecule has 6 heterocycles. The fraction of sp³-hybridized carbons (Fsp3) is 0.360. The molecule has 107 heavy (non-hydrogen) atoms. The van der Waals surface area contributed by atoms with E-state index < -0.39 is 15.6 Å². The number of aromatic hydroxyl groups is 4. The van der Waals surface area contributed by atoms with Crippen molar-refractivity contribution in [2.24, 2.45) is 17.2 Å². The van der Waals surface area contributed by atoms with Crippen LogP contribution in [0.5, 0.6) is 34.5 Å². The quantitative estimate of drug-likeness (QED) is 0.0101. The maximum Gasteiger partial charge on any atom is 0.524 e. The smallest absolute Gasteiger partial charge is 0.508 e. The highest BCUT2D eigenvalue weighted by molar-refractivity contribution is 7.47. The summed E-state index contributed by atoms with van der Waals surface area (Å²) in [7, 11) is -9.76. The minimum Gasteiger partial charge on any atom is -0.508 e. The largest absolute Gasteiger partial charge is 0.524 e. The van der Waals surface area contributed by atoms with Crippen molar-refractivity contribution < 1.29 is 72.4 Å². The van der Waals surface area contributed by atoms with Gasteiger partial charge in [-0.15, -0.1) is 0 Å². The van der Waals surface area contributed by atoms with Gasteiger partial charge in [0.05, 0.1) is 92.4 Å². The maximum atomic E-state index is 11.6. The number of fused-ring (bicyclic) bond motifs is 9. The molecule has 30 nitrogen and oxygen atoms in total. The number of phosphoric ester groups is 2. The standard InChI is InChI=1S/2C25H32N5O6P.C25H31N5O3/c1-2-3-7-21-29-22-23(30(21)15-17-5-4-6-20(24(17)31)36-37(32,33)34)18-14-16(10-12-35-13-11-26)8-9-19(18)28-25(22)27;1-2-3-7-21-29-22-23(30(21)15-17-5-4-6-20(31)24(17)36-37(32,33)34)18-14-16(10-12-35-13-11-26)8-9-19(18)28-25(22)27;1-2-3-4-22-29-23-24(30(22)15-17-14-18(31)6-8-21(17)32)19-13-16(9-11-33-12-10-26)5-7-20(19)28-25(23)27/h2*4-6,8-9,14,31H,2-3,7,10-13,15,26H2,1H3,(H2,27,28)(H2,32,33,34);5-8,13-14,31-32H,2-4,9-12,15,26H2,1H3,(H2,27,28). The lowest BCUT2D eigenvalue weighted by Gasteiger charge is -2.16. The Labute approximate surface area is 617 Å². The Morgan fingerprint density at radius 1 is 0.411 bits per heavy atom. The van der Waals surface area contributed by atoms with Crippen LogP contribution in [0.4, 0.5) is 17.5 Å². The monoisotopic (exact) mass is 1510 g/mol. The highest BCUT2D eigenvalue weighted by atomic mass is 31.2. The normalized spacial score (nSPS) is 11.9. The average Bonchev–Trinajstić information content (AvgIpc) is 1.63. The molecule has 20 N–H and O–H groups in total. The summed E-state index contributed by atoms with van der Waals surface area (Å²) in [5, 5.41) is 44.2. The molecule has 0 saturated carbocycles. The van der Waals surface area contributed by atoms with E-state index >= 15 is 0 Å². The molecule has 0 fully saturated rings. The number of hydrogen-bond acceptors (Lipinski definition) is 23. The Morgan fingerprint density at radius 3 is 1.19 bits per heavy atom. The van der Waals surface area contributed by atoms with Crippen LogP contribution in [0, 0.1) is 0 Å². The maximum absolute atomic E-state index is 11.6. The number of unbranched alkanes of at least 4 members (excludes halogenated alkanes) is 3. The Morgan fingerprint density at radius 2 is 0.794 bits per heavy atom. The summed E-state index contributed by atoms with van der Waals surface area (Å²) in [6.45, 7) is 11.6. The molecule has 0 aliphatic heterocycles. The first-order chi connectivity index (χ1) is 51.4. The van der Waals surface area contributed by atoms with Crippen molar-refractivity contribution in [2.75, 3.05) is 76.5 Å². The molecule has 0 unspecified atom stereocenters. The zero-order valence-electron chi connectivity index (χ0n) is 60.2. The number of imidazole rings is 3. The number of nitrogens with two attached hydrogens (primary N) is 6. The van der Waals surface area contributed by atoms with E-state index in [0.717, 1.165) is 124 Å². The van der Waals surface area contributed by atoms with E-state index in [1.807, 2.05) is 57.7 Å². The first-order valence-electron chi connectivity index (χ1n) is 35.6. The van der Waals surface area contributed by atoms with Crippen LogP contribution in [-0.4, -0.2) is 143 Å². The summed E-state index contributed by atoms with van der Waals surface area (Å²) >= 11 is 0. The number of rotatable bonds is 34. The third kappa shape index (κ3) is 20.1. The number of phenolic OH excluding ortho intramolecular Hbond substituents is 4. The number of phosphoric acid groups is 2. The lowest BCUT2D eigenvalue weighted by atomic mass is 10.1. The van der Waals surface area contributed by atoms with Crippen molar-refractivity contribution in [3.63, 3.8) is 0 Å². The lowest BCUT2D eigenvalue weighted by molar-refractivity contribution is 0.144. The summed E-state index contributed by atoms with van der Waals surface area (Å²) in [6.07, 6.45) is 9.94. The number of aromatic nitrogens is 9. The number of benzene rings is 6. The number of nitrogen functional groups attached to an aromatic ring is 3. The number of anilines is 3. The molecule has 0 saturated heterocycles. The van der Waals surface area contributed by atoms with Gasteiger partial charge in [-0.1, -0.05) is 82.5 Å². The van der Waals surface area contributed by atoms with Gasteiger partial charge in [0.2, 0.25) is 0 Å². The van der Waals surface area contributed by atoms with Gasteiger partial charge in [0, 0.05) is 71.7 Å². The number of hydrogen-bond donors (Lipinski definition) is 14. The van der Waals surface area contributed by atoms with E-state index in [4.69, 9.17) is 68.1 Å². The van der Waals surface area contributed by atoms with Crippen LogP contribution >= 0.6 is 15.6 Å². The molecule has 12 aromatic rings. The number of pyridine rings is 3. The van der Waals surface area contributed by atoms with E-state index in [0.29, 0.717) is 153 Å². The van der Waals surface area contributed by atoms with Crippen LogP contribution in [0.15, 0.2) is 109 Å². The SMILES string of the molecule is CCCCc1nc2c(N)nc3ccc(CCOCCN)cc3c2n1Cc1cc(O)ccc1O.CCCCc1nc2c(N)nc3ccc(CCOCCN)cc3c2n1Cc1cccc(O)c1OP(=O)(O)O.CCCCc1nc2c(N)nc3ccc(CCOCCN)cc3c2n1Cc1cccc(OP(=O)(O)O)c1O. The topological polar surface area (TPSA) is 490 Å². The van der Waals surface area contributed by atoms with Crippen molar-refractivity contribution in [2.45, 2.75) is 117 Å². The molecular formula is C75H95N15O15P2. The molecule has 0 bridgehead atoms. The first kappa shape index (κ1) is 79.8. The van der Waals surface area contributed by atoms with Crippen molar-refractivity contribution in [1.82, 2.24) is 43.6 Å². The van der Waals surface area contributed by atoms with Gasteiger partial charge in [-0.2, -0.15) is 0 Å². The molecule has 12 rings (SSSR count). The van der Waals surface area contributed by atoms with Crippen LogP contribution in [0.2, 0.25) is 0 Å². The van der Waals surface area contributed by atoms with Gasteiger partial charge in [-0.3, -0.25) is 19.6 Å². The van der Waals surface area contributed by atoms with Crippen LogP contribution in [0.3, 0.4) is 0 Å². The van der Waals surface area contributed by atoms with Gasteiger partial charge in [0.15, 0.2) is 40.5 Å². The van der Waals surface area contributed by atoms with Crippen LogP contribution < -0.4 is 43.4 Å². The van der Waals surface area contributed by atoms with Crippen LogP contribution in [0.1, 0.15) is 110 Å². The van der Waals surface area contributed by atoms with E-state index in [-0.39, 0.29) is 47.6 Å². The Bertz CT molecular complexity index is 5180. The van der Waals surface area contributed by atoms with E-state index in [1.54, 1.807) is 30.3 Å². The summed E-state index contributed by atoms with van der Waals surface area (Å²) in [4.78, 5) is 65.5. The third-order valence-corrected chi connectivity index (χ3v) is 18.7. The molecule has 0 atom stereocenters. The second-order valence-electron chi connectivity index (χ2n) is 25.7. The Balaban J connectivity index is 0.000000172. The predicted octanol–water partition coefficient (Wildman–Crippen LogP) is 9.99. The molecule has 0 amide bonds. The molecule has 0 spiro atoms. The van der Waals surface area contributed by atoms with E-state index in [2.05, 4.69) is 50.9 Å². The summed E-state index contributed by atoms with van der Waals surface area (Å²) in [6, 6.07) is 31.6. The molecule has 6 aromatic heterocycles. The number of phenols is 4. The second kappa shape index (κ2) is 36.7. The van der Waals surface area contributed by atoms with Crippen LogP contribution in [-0.2, 0) is 81.5 Å². The predicted molar refractivity (Wildman–Crippen MR) is 414 cm³/mol. The summed E-state index contributed by atoms with van der Waals surface area (Å²) in [5.41, 5.74) is 46.5. The number of para-hydroxylation sites is 2. The molecule has 0 radical (unpaired) electrons. The molecule has 570 valence electrons. The minimum absolute atomic E-state index is 0.105. The molecule has 6 aromatic carbocycles. The third-order valence-electron chi connectivity index (χ3n) is 17.8. The highest BCUT2D eigenvalue weighted by Crippen LogP contribution is 2.46. The molecule has 0 aliphatic carbocycles. The Hall–Kier alpha value is -9.78. The van der Waals surface area contributed by atoms with Gasteiger partial charge >= 0.3 is 15.6 Å². The van der Waals surface area contributed by atoms with Gasteiger partial charge in [-0.25, -0.2) is 39.0 Å². The second-order valence-corrected chi connectivity index (χ2v) is 28.1. The summed E-state index contributed by atoms with van der Waals surface area (Å²) in [5.74, 6) is 2.33. The van der Waals surface area contributed by atoms with Gasteiger partial charge in [0.25, 0.3) is 0 Å². The number of nitrogens with zero attached hydrogens (tertiary/aromatic N) is 9. The minimum atomic E-state index is -4.91. The van der Waals surface area contributed by atoms with Crippen LogP contribution in [0.25, 0.3) is 65.8 Å². The average molecular weight is 1510 g/mol. The lowest BCUT2D eigenvalue weighted by Crippen LogP contribution is -2.10. The van der Waals surface area contributed by atoms with Crippen molar-refractivity contribution in [1.29, 1.82) is 0 Å². The van der Waals surface area contributed by atoms with E-state index in [9.17, 15) is 49.1 Å². The van der Waals surface area contributed by atoms with Crippen molar-refractivity contribution in [3.05, 3.63) is 160 Å². The zero-order valence-corrected chi connectivity index (χ0v) is 62.0. The first-order valence-corrected chi connectivity index (χ1v) is 38.7. The molecule has 0 aliphatic rings. The van der Waals surface area contributed by atoms with Gasteiger partial charge in [-0.05, 0) is 122 Å². The zero-order chi connectivity index (χ0) is 76.5. The number of aryl methyl sites for hydroxylation is 3. The van der Waals surface area contributed by atoms with Crippen molar-refractivity contribution in [3.8, 4) is 34.5 Å². The number of ether oxygens (including phenoxy) is 3. The molecular weight excluding hydrogens is 1410 g/mol. The summed E-state index contributed by atoms with van der Waals surface area (Å²) < 4.78 is 55.2. The van der Waals surface area contributed by atoms with Gasteiger partial charge in [0.1, 0.15) is 45.5 Å². The Kier molecular flexibility index (Phi) is 27.3. The molecule has 32 heteroatoms.